The first-order valence-electron chi connectivity index (χ1n) is 9.58. The van der Waals surface area contributed by atoms with Gasteiger partial charge < -0.3 is 10.2 Å². The quantitative estimate of drug-likeness (QED) is 0.454. The molecule has 9 heteroatoms. The van der Waals surface area contributed by atoms with E-state index in [4.69, 9.17) is 23.2 Å². The lowest BCUT2D eigenvalue weighted by Crippen LogP contribution is -2.58. The third-order valence-corrected chi connectivity index (χ3v) is 5.53. The van der Waals surface area contributed by atoms with Gasteiger partial charge in [0.2, 0.25) is 0 Å². The van der Waals surface area contributed by atoms with Crippen molar-refractivity contribution in [3.8, 4) is 0 Å². The highest BCUT2D eigenvalue weighted by Crippen LogP contribution is 2.38. The van der Waals surface area contributed by atoms with Crippen molar-refractivity contribution < 1.29 is 14.8 Å². The third-order valence-electron chi connectivity index (χ3n) is 5.06. The summed E-state index contributed by atoms with van der Waals surface area (Å²) in [6, 6.07) is 12.2. The van der Waals surface area contributed by atoms with E-state index >= 15 is 0 Å². The normalized spacial score (nSPS) is 17.9. The van der Waals surface area contributed by atoms with Crippen molar-refractivity contribution in [3.05, 3.63) is 58.6 Å². The fourth-order valence-corrected chi connectivity index (χ4v) is 4.06. The molecule has 1 aliphatic heterocycles. The SMILES string of the molecule is CCCN1C(=O)N(c2cccc(Cl)c2)[C@H](N(O)C(=O)Nc2cccc(Cl)c2)C1(C)C. The summed E-state index contributed by atoms with van der Waals surface area (Å²) in [5, 5.41) is 15.0. The minimum absolute atomic E-state index is 0.316. The lowest BCUT2D eigenvalue weighted by atomic mass is 9.99. The van der Waals surface area contributed by atoms with Gasteiger partial charge in [-0.25, -0.2) is 9.59 Å². The van der Waals surface area contributed by atoms with Crippen molar-refractivity contribution in [3.63, 3.8) is 0 Å². The van der Waals surface area contributed by atoms with Crippen LogP contribution in [0, 0.1) is 0 Å². The summed E-state index contributed by atoms with van der Waals surface area (Å²) in [7, 11) is 0. The number of hydrogen-bond acceptors (Lipinski definition) is 3. The van der Waals surface area contributed by atoms with Gasteiger partial charge >= 0.3 is 12.1 Å². The number of halogens is 2. The fourth-order valence-electron chi connectivity index (χ4n) is 3.69. The number of hydroxylamine groups is 2. The molecule has 2 aromatic carbocycles. The minimum Gasteiger partial charge on any atom is -0.315 e. The van der Waals surface area contributed by atoms with Crippen LogP contribution in [0.4, 0.5) is 21.0 Å². The minimum atomic E-state index is -0.991. The van der Waals surface area contributed by atoms with Crippen molar-refractivity contribution in [2.75, 3.05) is 16.8 Å². The van der Waals surface area contributed by atoms with Gasteiger partial charge in [-0.1, -0.05) is 42.3 Å². The molecule has 1 fully saturated rings. The second-order valence-corrected chi connectivity index (χ2v) is 8.47. The molecule has 0 saturated carbocycles. The summed E-state index contributed by atoms with van der Waals surface area (Å²) in [6.45, 7) is 6.06. The maximum Gasteiger partial charge on any atom is 0.347 e. The number of nitrogens with zero attached hydrogens (tertiary/aromatic N) is 3. The van der Waals surface area contributed by atoms with E-state index in [0.29, 0.717) is 33.0 Å². The van der Waals surface area contributed by atoms with Gasteiger partial charge in [0.05, 0.1) is 5.54 Å². The standard InChI is InChI=1S/C21H24Cl2N4O3/c1-4-11-25-20(29)26(17-10-6-8-15(23)13-17)18(21(25,2)3)27(30)19(28)24-16-9-5-7-14(22)12-16/h5-10,12-13,18,30H,4,11H2,1-3H3,(H,24,28)/t18-/m1/s1. The molecule has 3 rings (SSSR count). The molecular formula is C21H24Cl2N4O3. The molecule has 160 valence electrons. The molecule has 1 heterocycles. The maximum atomic E-state index is 13.3. The lowest BCUT2D eigenvalue weighted by molar-refractivity contribution is -0.0948. The second-order valence-electron chi connectivity index (χ2n) is 7.60. The Hall–Kier alpha value is -2.48. The smallest absolute Gasteiger partial charge is 0.315 e. The number of anilines is 2. The molecule has 0 unspecified atom stereocenters. The Morgan fingerprint density at radius 3 is 2.40 bits per heavy atom. The Morgan fingerprint density at radius 1 is 1.17 bits per heavy atom. The lowest BCUT2D eigenvalue weighted by Gasteiger charge is -2.38. The number of carbonyl (C=O) groups is 2. The highest BCUT2D eigenvalue weighted by molar-refractivity contribution is 6.31. The van der Waals surface area contributed by atoms with E-state index in [2.05, 4.69) is 5.32 Å². The number of benzene rings is 2. The van der Waals surface area contributed by atoms with Gasteiger partial charge in [0.15, 0.2) is 6.17 Å². The molecule has 0 spiro atoms. The largest absolute Gasteiger partial charge is 0.347 e. The van der Waals surface area contributed by atoms with Crippen molar-refractivity contribution in [1.29, 1.82) is 0 Å². The topological polar surface area (TPSA) is 76.1 Å². The van der Waals surface area contributed by atoms with E-state index in [1.807, 2.05) is 20.8 Å². The summed E-state index contributed by atoms with van der Waals surface area (Å²) in [5.74, 6) is 0. The number of nitrogens with one attached hydrogen (secondary N) is 1. The highest BCUT2D eigenvalue weighted by atomic mass is 35.5. The summed E-state index contributed by atoms with van der Waals surface area (Å²) in [6.07, 6.45) is -0.264. The van der Waals surface area contributed by atoms with Crippen LogP contribution in [0.5, 0.6) is 0 Å². The molecule has 1 atom stereocenters. The zero-order chi connectivity index (χ0) is 22.1. The number of rotatable bonds is 5. The molecule has 4 amide bonds. The number of carbonyl (C=O) groups excluding carboxylic acids is 2. The molecule has 1 aliphatic rings. The Kier molecular flexibility index (Phi) is 6.45. The van der Waals surface area contributed by atoms with Gasteiger partial charge in [-0.3, -0.25) is 10.1 Å². The molecule has 1 saturated heterocycles. The first-order valence-corrected chi connectivity index (χ1v) is 10.3. The van der Waals surface area contributed by atoms with E-state index in [1.165, 1.54) is 4.90 Å². The Morgan fingerprint density at radius 2 is 1.80 bits per heavy atom. The van der Waals surface area contributed by atoms with Crippen LogP contribution in [-0.4, -0.2) is 45.5 Å². The van der Waals surface area contributed by atoms with E-state index in [1.54, 1.807) is 53.4 Å². The van der Waals surface area contributed by atoms with Crippen molar-refractivity contribution in [1.82, 2.24) is 9.96 Å². The van der Waals surface area contributed by atoms with E-state index in [9.17, 15) is 14.8 Å². The third kappa shape index (κ3) is 4.19. The van der Waals surface area contributed by atoms with Crippen LogP contribution in [0.3, 0.4) is 0 Å². The molecule has 30 heavy (non-hydrogen) atoms. The van der Waals surface area contributed by atoms with Gasteiger partial charge in [-0.2, -0.15) is 5.06 Å². The monoisotopic (exact) mass is 450 g/mol. The highest BCUT2D eigenvalue weighted by Gasteiger charge is 2.55. The van der Waals surface area contributed by atoms with E-state index in [0.717, 1.165) is 6.42 Å². The second kappa shape index (κ2) is 8.71. The van der Waals surface area contributed by atoms with Crippen molar-refractivity contribution >= 4 is 46.6 Å². The van der Waals surface area contributed by atoms with Crippen LogP contribution >= 0.6 is 23.2 Å². The van der Waals surface area contributed by atoms with Crippen LogP contribution in [0.2, 0.25) is 10.0 Å². The van der Waals surface area contributed by atoms with Gasteiger partial charge in [-0.15, -0.1) is 0 Å². The molecule has 2 N–H and O–H groups in total. The average molecular weight is 451 g/mol. The molecule has 0 bridgehead atoms. The summed E-state index contributed by atoms with van der Waals surface area (Å²) in [4.78, 5) is 29.2. The molecular weight excluding hydrogens is 427 g/mol. The molecule has 0 radical (unpaired) electrons. The fraction of sp³-hybridized carbons (Fsp3) is 0.333. The van der Waals surface area contributed by atoms with Crippen LogP contribution < -0.4 is 10.2 Å². The Balaban J connectivity index is 1.98. The summed E-state index contributed by atoms with van der Waals surface area (Å²) >= 11 is 12.1. The van der Waals surface area contributed by atoms with Crippen molar-refractivity contribution in [2.45, 2.75) is 38.9 Å². The van der Waals surface area contributed by atoms with Gasteiger partial charge in [0.1, 0.15) is 0 Å². The van der Waals surface area contributed by atoms with Gasteiger partial charge in [-0.05, 0) is 56.7 Å². The van der Waals surface area contributed by atoms with Gasteiger partial charge in [0, 0.05) is 28.0 Å². The number of amides is 4. The predicted molar refractivity (Wildman–Crippen MR) is 118 cm³/mol. The van der Waals surface area contributed by atoms with Crippen molar-refractivity contribution in [2.24, 2.45) is 0 Å². The van der Waals surface area contributed by atoms with E-state index < -0.39 is 17.7 Å². The maximum absolute atomic E-state index is 13.3. The predicted octanol–water partition coefficient (Wildman–Crippen LogP) is 5.67. The summed E-state index contributed by atoms with van der Waals surface area (Å²) < 4.78 is 0. The summed E-state index contributed by atoms with van der Waals surface area (Å²) in [5.41, 5.74) is 0.0303. The van der Waals surface area contributed by atoms with Crippen LogP contribution in [0.15, 0.2) is 48.5 Å². The molecule has 0 aromatic heterocycles. The van der Waals surface area contributed by atoms with Crippen LogP contribution in [-0.2, 0) is 0 Å². The number of urea groups is 2. The van der Waals surface area contributed by atoms with E-state index in [-0.39, 0.29) is 6.03 Å². The van der Waals surface area contributed by atoms with Crippen LogP contribution in [0.25, 0.3) is 0 Å². The first-order chi connectivity index (χ1) is 14.2. The molecule has 0 aliphatic carbocycles. The van der Waals surface area contributed by atoms with Crippen LogP contribution in [0.1, 0.15) is 27.2 Å². The first kappa shape index (κ1) is 22.2. The molecule has 7 nitrogen and oxygen atoms in total. The Labute approximate surface area is 185 Å². The average Bonchev–Trinajstić information content (AvgIpc) is 2.88. The molecule has 2 aromatic rings. The number of hydrogen-bond donors (Lipinski definition) is 2. The zero-order valence-corrected chi connectivity index (χ0v) is 18.5. The zero-order valence-electron chi connectivity index (χ0n) is 17.0. The van der Waals surface area contributed by atoms with Gasteiger partial charge in [0.25, 0.3) is 0 Å². The Bertz CT molecular complexity index is 953.